The molecule has 1 aromatic heterocycles. The minimum atomic E-state index is -0.681. The lowest BCUT2D eigenvalue weighted by atomic mass is 10.2. The van der Waals surface area contributed by atoms with Crippen molar-refractivity contribution in [1.82, 2.24) is 4.98 Å². The summed E-state index contributed by atoms with van der Waals surface area (Å²) in [7, 11) is 0. The van der Waals surface area contributed by atoms with Gasteiger partial charge in [0.25, 0.3) is 5.91 Å². The van der Waals surface area contributed by atoms with Crippen LogP contribution in [-0.4, -0.2) is 29.4 Å². The van der Waals surface area contributed by atoms with Crippen molar-refractivity contribution in [3.05, 3.63) is 59.9 Å². The van der Waals surface area contributed by atoms with Crippen molar-refractivity contribution in [1.29, 1.82) is 0 Å². The molecule has 112 valence electrons. The number of carbonyl (C=O) groups excluding carboxylic acids is 3. The van der Waals surface area contributed by atoms with Crippen LogP contribution in [0.4, 0.5) is 5.69 Å². The van der Waals surface area contributed by atoms with Crippen LogP contribution in [0.2, 0.25) is 0 Å². The molecule has 0 bridgehead atoms. The second kappa shape index (κ2) is 6.98. The number of hydrogen-bond donors (Lipinski definition) is 2. The molecule has 1 heterocycles. The summed E-state index contributed by atoms with van der Waals surface area (Å²) in [6.45, 7) is -0.438. The second-order valence-corrected chi connectivity index (χ2v) is 4.28. The molecule has 0 saturated heterocycles. The molecule has 0 saturated carbocycles. The fourth-order valence-electron chi connectivity index (χ4n) is 1.60. The molecule has 2 aromatic rings. The topological polar surface area (TPSA) is 111 Å². The molecule has 0 atom stereocenters. The first-order chi connectivity index (χ1) is 10.6. The normalized spacial score (nSPS) is 9.82. The quantitative estimate of drug-likeness (QED) is 0.799. The van der Waals surface area contributed by atoms with Gasteiger partial charge in [-0.3, -0.25) is 9.59 Å². The molecule has 3 N–H and O–H groups in total. The van der Waals surface area contributed by atoms with Gasteiger partial charge in [0.1, 0.15) is 5.69 Å². The van der Waals surface area contributed by atoms with Crippen molar-refractivity contribution in [3.63, 3.8) is 0 Å². The van der Waals surface area contributed by atoms with E-state index in [0.29, 0.717) is 11.3 Å². The van der Waals surface area contributed by atoms with E-state index in [1.54, 1.807) is 12.1 Å². The Morgan fingerprint density at radius 3 is 2.41 bits per heavy atom. The van der Waals surface area contributed by atoms with E-state index in [4.69, 9.17) is 10.5 Å². The van der Waals surface area contributed by atoms with E-state index >= 15 is 0 Å². The number of nitrogens with zero attached hydrogens (tertiary/aromatic N) is 1. The first kappa shape index (κ1) is 15.2. The van der Waals surface area contributed by atoms with E-state index in [1.807, 2.05) is 0 Å². The van der Waals surface area contributed by atoms with Crippen molar-refractivity contribution >= 4 is 23.5 Å². The minimum absolute atomic E-state index is 0.126. The van der Waals surface area contributed by atoms with Gasteiger partial charge in [0.2, 0.25) is 5.91 Å². The van der Waals surface area contributed by atoms with Gasteiger partial charge < -0.3 is 15.8 Å². The van der Waals surface area contributed by atoms with Crippen LogP contribution >= 0.6 is 0 Å². The molecule has 0 unspecified atom stereocenters. The molecule has 22 heavy (non-hydrogen) atoms. The van der Waals surface area contributed by atoms with Crippen LogP contribution in [0.1, 0.15) is 20.8 Å². The molecule has 2 amide bonds. The third-order valence-electron chi connectivity index (χ3n) is 2.66. The highest BCUT2D eigenvalue weighted by Gasteiger charge is 2.11. The van der Waals surface area contributed by atoms with Crippen molar-refractivity contribution in [2.24, 2.45) is 5.73 Å². The van der Waals surface area contributed by atoms with Crippen LogP contribution in [0.25, 0.3) is 0 Å². The fourth-order valence-corrected chi connectivity index (χ4v) is 1.60. The van der Waals surface area contributed by atoms with Crippen LogP contribution in [0.5, 0.6) is 0 Å². The Labute approximate surface area is 126 Å². The SMILES string of the molecule is NC(=O)c1ccc(NC(=O)COC(=O)c2ccccn2)cc1. The standard InChI is InChI=1S/C15H13N3O4/c16-14(20)10-4-6-11(7-5-10)18-13(19)9-22-15(21)12-3-1-2-8-17-12/h1-8H,9H2,(H2,16,20)(H,18,19). The Bertz CT molecular complexity index is 684. The number of nitrogens with one attached hydrogen (secondary N) is 1. The average molecular weight is 299 g/mol. The lowest BCUT2D eigenvalue weighted by Gasteiger charge is -2.06. The molecule has 0 aliphatic heterocycles. The number of primary amides is 1. The Balaban J connectivity index is 1.85. The summed E-state index contributed by atoms with van der Waals surface area (Å²) in [5.41, 5.74) is 6.03. The fraction of sp³-hybridized carbons (Fsp3) is 0.0667. The van der Waals surface area contributed by atoms with Gasteiger partial charge in [0.05, 0.1) is 0 Å². The van der Waals surface area contributed by atoms with E-state index in [2.05, 4.69) is 10.3 Å². The number of nitrogens with two attached hydrogens (primary N) is 1. The number of amides is 2. The van der Waals surface area contributed by atoms with Crippen molar-refractivity contribution < 1.29 is 19.1 Å². The van der Waals surface area contributed by atoms with Gasteiger partial charge in [-0.2, -0.15) is 0 Å². The number of pyridine rings is 1. The zero-order valence-electron chi connectivity index (χ0n) is 11.5. The Morgan fingerprint density at radius 2 is 1.82 bits per heavy atom. The Hall–Kier alpha value is -3.22. The smallest absolute Gasteiger partial charge is 0.357 e. The van der Waals surface area contributed by atoms with Gasteiger partial charge in [-0.25, -0.2) is 9.78 Å². The Morgan fingerprint density at radius 1 is 1.09 bits per heavy atom. The summed E-state index contributed by atoms with van der Waals surface area (Å²) < 4.78 is 4.84. The predicted molar refractivity (Wildman–Crippen MR) is 78.1 cm³/mol. The van der Waals surface area contributed by atoms with Crippen LogP contribution in [0.3, 0.4) is 0 Å². The van der Waals surface area contributed by atoms with E-state index < -0.39 is 24.4 Å². The predicted octanol–water partition coefficient (Wildman–Crippen LogP) is 0.976. The number of rotatable bonds is 5. The maximum atomic E-state index is 11.7. The zero-order valence-corrected chi connectivity index (χ0v) is 11.5. The van der Waals surface area contributed by atoms with Crippen molar-refractivity contribution in [3.8, 4) is 0 Å². The van der Waals surface area contributed by atoms with Crippen molar-refractivity contribution in [2.45, 2.75) is 0 Å². The summed E-state index contributed by atoms with van der Waals surface area (Å²) in [5.74, 6) is -1.74. The van der Waals surface area contributed by atoms with E-state index in [9.17, 15) is 14.4 Å². The molecule has 7 heteroatoms. The van der Waals surface area contributed by atoms with Crippen LogP contribution in [-0.2, 0) is 9.53 Å². The molecule has 0 aliphatic carbocycles. The molecule has 7 nitrogen and oxygen atoms in total. The number of aromatic nitrogens is 1. The first-order valence-electron chi connectivity index (χ1n) is 6.34. The highest BCUT2D eigenvalue weighted by atomic mass is 16.5. The minimum Gasteiger partial charge on any atom is -0.451 e. The number of esters is 1. The molecule has 0 aliphatic rings. The van der Waals surface area contributed by atoms with E-state index in [1.165, 1.54) is 36.5 Å². The van der Waals surface area contributed by atoms with E-state index in [-0.39, 0.29) is 5.69 Å². The Kier molecular flexibility index (Phi) is 4.81. The zero-order chi connectivity index (χ0) is 15.9. The van der Waals surface area contributed by atoms with Gasteiger partial charge in [-0.15, -0.1) is 0 Å². The van der Waals surface area contributed by atoms with Gasteiger partial charge >= 0.3 is 5.97 Å². The number of hydrogen-bond acceptors (Lipinski definition) is 5. The van der Waals surface area contributed by atoms with Gasteiger partial charge in [-0.05, 0) is 36.4 Å². The highest BCUT2D eigenvalue weighted by molar-refractivity contribution is 5.96. The van der Waals surface area contributed by atoms with Crippen LogP contribution in [0, 0.1) is 0 Å². The molecule has 0 radical (unpaired) electrons. The number of ether oxygens (including phenoxy) is 1. The average Bonchev–Trinajstić information content (AvgIpc) is 2.54. The maximum Gasteiger partial charge on any atom is 0.357 e. The summed E-state index contributed by atoms with van der Waals surface area (Å²) in [6, 6.07) is 10.8. The molecular formula is C15H13N3O4. The molecule has 1 aromatic carbocycles. The monoisotopic (exact) mass is 299 g/mol. The highest BCUT2D eigenvalue weighted by Crippen LogP contribution is 2.09. The summed E-state index contributed by atoms with van der Waals surface area (Å²) in [4.78, 5) is 38.0. The number of benzene rings is 1. The largest absolute Gasteiger partial charge is 0.451 e. The molecular weight excluding hydrogens is 286 g/mol. The first-order valence-corrected chi connectivity index (χ1v) is 6.34. The molecule has 0 fully saturated rings. The summed E-state index contributed by atoms with van der Waals surface area (Å²) >= 11 is 0. The van der Waals surface area contributed by atoms with Crippen LogP contribution in [0.15, 0.2) is 48.7 Å². The third-order valence-corrected chi connectivity index (χ3v) is 2.66. The summed E-state index contributed by atoms with van der Waals surface area (Å²) in [5, 5.41) is 2.53. The molecule has 2 rings (SSSR count). The summed E-state index contributed by atoms with van der Waals surface area (Å²) in [6.07, 6.45) is 1.46. The van der Waals surface area contributed by atoms with E-state index in [0.717, 1.165) is 0 Å². The lowest BCUT2D eigenvalue weighted by molar-refractivity contribution is -0.119. The maximum absolute atomic E-state index is 11.7. The number of carbonyl (C=O) groups is 3. The second-order valence-electron chi connectivity index (χ2n) is 4.28. The van der Waals surface area contributed by atoms with Gasteiger partial charge in [-0.1, -0.05) is 6.07 Å². The number of anilines is 1. The lowest BCUT2D eigenvalue weighted by Crippen LogP contribution is -2.21. The van der Waals surface area contributed by atoms with Gasteiger partial charge in [0, 0.05) is 17.4 Å². The van der Waals surface area contributed by atoms with Crippen LogP contribution < -0.4 is 11.1 Å². The molecule has 0 spiro atoms. The third kappa shape index (κ3) is 4.14. The van der Waals surface area contributed by atoms with Crippen molar-refractivity contribution in [2.75, 3.05) is 11.9 Å². The van der Waals surface area contributed by atoms with Gasteiger partial charge in [0.15, 0.2) is 6.61 Å².